The van der Waals surface area contributed by atoms with Gasteiger partial charge in [-0.1, -0.05) is 0 Å². The largest absolute Gasteiger partial charge is 0.393 e. The molecule has 4 aliphatic heterocycles. The standard InChI is InChI=1S/C19H24N2O6S2/c1-28-18-5-7-9(22)2-3-10(23)13(7)20(18)17(27)19-6-8-11(24)4-12(29-19)15(25)14(8)21(19)16(18)26/h7-8,10-15,23-25H,2-6H2,1H3/t7?,8-,10-,11-,12+,13-,14-,15-,18+,19+/m0/s1. The number of carbonyl (C=O) groups excluding carboxylic acids is 3. The summed E-state index contributed by atoms with van der Waals surface area (Å²) in [6, 6.07) is -1.25. The highest BCUT2D eigenvalue weighted by Crippen LogP contribution is 2.65. The van der Waals surface area contributed by atoms with Crippen molar-refractivity contribution >= 4 is 41.1 Å². The van der Waals surface area contributed by atoms with Crippen molar-refractivity contribution in [1.29, 1.82) is 0 Å². The van der Waals surface area contributed by atoms with E-state index in [9.17, 15) is 29.7 Å². The van der Waals surface area contributed by atoms with Gasteiger partial charge in [-0.2, -0.15) is 0 Å². The number of aliphatic hydroxyl groups is 3. The molecular weight excluding hydrogens is 416 g/mol. The second-order valence-electron chi connectivity index (χ2n) is 9.31. The highest BCUT2D eigenvalue weighted by atomic mass is 32.2. The Bertz CT molecular complexity index is 838. The zero-order valence-corrected chi connectivity index (χ0v) is 17.6. The van der Waals surface area contributed by atoms with Gasteiger partial charge in [0.1, 0.15) is 5.78 Å². The maximum Gasteiger partial charge on any atom is 0.261 e. The minimum atomic E-state index is -1.23. The summed E-state index contributed by atoms with van der Waals surface area (Å²) < 4.78 is 0. The van der Waals surface area contributed by atoms with Crippen LogP contribution in [0.3, 0.4) is 0 Å². The van der Waals surface area contributed by atoms with Crippen LogP contribution < -0.4 is 0 Å². The fourth-order valence-electron chi connectivity index (χ4n) is 6.99. The van der Waals surface area contributed by atoms with Crippen molar-refractivity contribution in [2.75, 3.05) is 6.26 Å². The summed E-state index contributed by atoms with van der Waals surface area (Å²) in [6.45, 7) is 0. The van der Waals surface area contributed by atoms with Crippen molar-refractivity contribution in [3.8, 4) is 0 Å². The van der Waals surface area contributed by atoms with Crippen molar-refractivity contribution in [1.82, 2.24) is 9.80 Å². The first kappa shape index (κ1) is 18.9. The van der Waals surface area contributed by atoms with Crippen LogP contribution in [-0.2, 0) is 14.4 Å². The molecule has 2 amide bonds. The van der Waals surface area contributed by atoms with Crippen molar-refractivity contribution in [2.45, 2.75) is 77.5 Å². The number of rotatable bonds is 1. The first-order valence-electron chi connectivity index (χ1n) is 10.2. The molecule has 4 saturated heterocycles. The maximum absolute atomic E-state index is 14.1. The van der Waals surface area contributed by atoms with Gasteiger partial charge < -0.3 is 25.1 Å². The van der Waals surface area contributed by atoms with E-state index in [0.29, 0.717) is 19.3 Å². The zero-order chi connectivity index (χ0) is 20.5. The number of thioether (sulfide) groups is 2. The molecule has 6 aliphatic rings. The first-order valence-corrected chi connectivity index (χ1v) is 12.3. The second-order valence-corrected chi connectivity index (χ2v) is 11.9. The Balaban J connectivity index is 1.53. The molecule has 8 nitrogen and oxygen atoms in total. The summed E-state index contributed by atoms with van der Waals surface area (Å²) >= 11 is 2.55. The molecule has 10 atom stereocenters. The highest BCUT2D eigenvalue weighted by molar-refractivity contribution is 8.02. The lowest BCUT2D eigenvalue weighted by atomic mass is 9.80. The maximum atomic E-state index is 14.1. The van der Waals surface area contributed by atoms with E-state index in [1.54, 1.807) is 16.1 Å². The molecule has 2 saturated carbocycles. The van der Waals surface area contributed by atoms with E-state index < -0.39 is 46.1 Å². The van der Waals surface area contributed by atoms with Gasteiger partial charge in [0.15, 0.2) is 9.74 Å². The fraction of sp³-hybridized carbons (Fsp3) is 0.842. The van der Waals surface area contributed by atoms with Crippen molar-refractivity contribution in [3.63, 3.8) is 0 Å². The summed E-state index contributed by atoms with van der Waals surface area (Å²) in [5, 5.41) is 31.9. The van der Waals surface area contributed by atoms with E-state index in [1.807, 2.05) is 0 Å². The predicted molar refractivity (Wildman–Crippen MR) is 105 cm³/mol. The van der Waals surface area contributed by atoms with Gasteiger partial charge in [0, 0.05) is 29.9 Å². The van der Waals surface area contributed by atoms with Crippen LogP contribution in [0.1, 0.15) is 32.1 Å². The highest BCUT2D eigenvalue weighted by Gasteiger charge is 2.78. The molecule has 0 aromatic heterocycles. The number of aliphatic hydroxyl groups excluding tert-OH is 3. The molecule has 0 radical (unpaired) electrons. The SMILES string of the molecule is CS[C@@]12CC3C(=O)CC[C@H](O)[C@H]3N1C(=O)[C@@]13C[C@@H]4[C@@H]([C@@H](O)[C@@H](C[C@@H]4O)S1)N3C2=O. The molecule has 2 aliphatic carbocycles. The van der Waals surface area contributed by atoms with Gasteiger partial charge in [-0.3, -0.25) is 14.4 Å². The Labute approximate surface area is 176 Å². The van der Waals surface area contributed by atoms with Crippen LogP contribution >= 0.6 is 23.5 Å². The Morgan fingerprint density at radius 3 is 2.52 bits per heavy atom. The molecule has 1 unspecified atom stereocenters. The predicted octanol–water partition coefficient (Wildman–Crippen LogP) is -0.845. The monoisotopic (exact) mass is 440 g/mol. The van der Waals surface area contributed by atoms with Gasteiger partial charge in [0.2, 0.25) is 0 Å². The third-order valence-corrected chi connectivity index (χ3v) is 11.1. The minimum Gasteiger partial charge on any atom is -0.393 e. The van der Waals surface area contributed by atoms with E-state index >= 15 is 0 Å². The lowest BCUT2D eigenvalue weighted by Crippen LogP contribution is -2.77. The molecule has 158 valence electrons. The molecular formula is C19H24N2O6S2. The second kappa shape index (κ2) is 5.70. The number of hydrogen-bond donors (Lipinski definition) is 3. The molecule has 3 bridgehead atoms. The first-order chi connectivity index (χ1) is 13.8. The molecule has 29 heavy (non-hydrogen) atoms. The average molecular weight is 441 g/mol. The smallest absolute Gasteiger partial charge is 0.261 e. The van der Waals surface area contributed by atoms with Crippen LogP contribution in [0.5, 0.6) is 0 Å². The summed E-state index contributed by atoms with van der Waals surface area (Å²) in [6.07, 6.45) is 1.00. The van der Waals surface area contributed by atoms with Gasteiger partial charge in [-0.25, -0.2) is 0 Å². The van der Waals surface area contributed by atoms with Gasteiger partial charge in [0.05, 0.1) is 30.4 Å². The summed E-state index contributed by atoms with van der Waals surface area (Å²) in [4.78, 5) is 41.5. The molecule has 0 aromatic rings. The van der Waals surface area contributed by atoms with Crippen molar-refractivity contribution in [2.24, 2.45) is 11.8 Å². The van der Waals surface area contributed by atoms with Crippen LogP contribution in [-0.4, -0.2) is 94.4 Å². The molecule has 0 aromatic carbocycles. The molecule has 6 rings (SSSR count). The van der Waals surface area contributed by atoms with Crippen LogP contribution in [0.2, 0.25) is 0 Å². The summed E-state index contributed by atoms with van der Waals surface area (Å²) in [5.41, 5.74) is 0. The number of Topliss-reactive ketones (excluding diaryl/α,β-unsaturated/α-hetero) is 1. The van der Waals surface area contributed by atoms with E-state index in [1.165, 1.54) is 23.5 Å². The number of hydrogen-bond acceptors (Lipinski definition) is 8. The molecule has 10 heteroatoms. The number of piperazine rings is 1. The van der Waals surface area contributed by atoms with Crippen LogP contribution in [0.25, 0.3) is 0 Å². The Morgan fingerprint density at radius 1 is 1.03 bits per heavy atom. The third-order valence-electron chi connectivity index (χ3n) is 8.22. The van der Waals surface area contributed by atoms with Gasteiger partial charge in [0.25, 0.3) is 11.8 Å². The number of fused-ring (bicyclic) bond motifs is 4. The van der Waals surface area contributed by atoms with Crippen LogP contribution in [0.4, 0.5) is 0 Å². The fourth-order valence-corrected chi connectivity index (χ4v) is 9.91. The van der Waals surface area contributed by atoms with E-state index in [2.05, 4.69) is 0 Å². The molecule has 0 spiro atoms. The molecule has 3 N–H and O–H groups in total. The van der Waals surface area contributed by atoms with Crippen LogP contribution in [0, 0.1) is 11.8 Å². The number of ketones is 1. The average Bonchev–Trinajstić information content (AvgIpc) is 3.15. The van der Waals surface area contributed by atoms with Gasteiger partial charge >= 0.3 is 0 Å². The van der Waals surface area contributed by atoms with Crippen molar-refractivity contribution in [3.05, 3.63) is 0 Å². The van der Waals surface area contributed by atoms with Gasteiger partial charge in [-0.15, -0.1) is 23.5 Å². The molecule has 4 heterocycles. The normalized spacial score (nSPS) is 55.2. The Morgan fingerprint density at radius 2 is 1.79 bits per heavy atom. The number of carbonyl (C=O) groups is 3. The quantitative estimate of drug-likeness (QED) is 0.483. The Kier molecular flexibility index (Phi) is 3.72. The number of nitrogens with zero attached hydrogens (tertiary/aromatic N) is 2. The third kappa shape index (κ3) is 1.94. The van der Waals surface area contributed by atoms with Crippen molar-refractivity contribution < 1.29 is 29.7 Å². The lowest BCUT2D eigenvalue weighted by molar-refractivity contribution is -0.172. The van der Waals surface area contributed by atoms with E-state index in [0.717, 1.165) is 0 Å². The van der Waals surface area contributed by atoms with Gasteiger partial charge in [-0.05, 0) is 25.5 Å². The Hall–Kier alpha value is -0.810. The topological polar surface area (TPSA) is 118 Å². The summed E-state index contributed by atoms with van der Waals surface area (Å²) in [7, 11) is 0. The molecule has 6 fully saturated rings. The van der Waals surface area contributed by atoms with E-state index in [4.69, 9.17) is 0 Å². The minimum absolute atomic E-state index is 0.00698. The summed E-state index contributed by atoms with van der Waals surface area (Å²) in [5.74, 6) is -1.36. The zero-order valence-electron chi connectivity index (χ0n) is 15.9. The lowest BCUT2D eigenvalue weighted by Gasteiger charge is -2.59. The van der Waals surface area contributed by atoms with Crippen LogP contribution in [0.15, 0.2) is 0 Å². The van der Waals surface area contributed by atoms with E-state index in [-0.39, 0.29) is 41.6 Å². The number of amides is 2.